The summed E-state index contributed by atoms with van der Waals surface area (Å²) in [5.74, 6) is 1.71. The Morgan fingerprint density at radius 1 is 0.640 bits per heavy atom. The first-order valence-corrected chi connectivity index (χ1v) is 8.30. The first-order valence-electron chi connectivity index (χ1n) is 8.30. The van der Waals surface area contributed by atoms with Crippen LogP contribution in [-0.4, -0.2) is 7.11 Å². The number of para-hydroxylation sites is 1. The largest absolute Gasteiger partial charge is 0.497 e. The van der Waals surface area contributed by atoms with Crippen molar-refractivity contribution in [2.24, 2.45) is 0 Å². The summed E-state index contributed by atoms with van der Waals surface area (Å²) in [5.41, 5.74) is 3.31. The van der Waals surface area contributed by atoms with Crippen LogP contribution in [0.4, 0.5) is 0 Å². The molecule has 3 nitrogen and oxygen atoms in total. The number of ether oxygens (including phenoxy) is 3. The lowest BCUT2D eigenvalue weighted by Gasteiger charge is -2.12. The van der Waals surface area contributed by atoms with Crippen molar-refractivity contribution in [1.82, 2.24) is 0 Å². The third-order valence-electron chi connectivity index (χ3n) is 3.90. The average Bonchev–Trinajstić information content (AvgIpc) is 2.68. The van der Waals surface area contributed by atoms with Crippen molar-refractivity contribution in [3.63, 3.8) is 0 Å². The molecule has 3 rings (SSSR count). The Morgan fingerprint density at radius 3 is 2.08 bits per heavy atom. The van der Waals surface area contributed by atoms with Crippen molar-refractivity contribution < 1.29 is 14.2 Å². The predicted molar refractivity (Wildman–Crippen MR) is 98.7 cm³/mol. The highest BCUT2D eigenvalue weighted by Gasteiger charge is 2.04. The molecule has 0 heterocycles. The van der Waals surface area contributed by atoms with Crippen LogP contribution < -0.4 is 9.47 Å². The first kappa shape index (κ1) is 17.1. The van der Waals surface area contributed by atoms with Gasteiger partial charge in [0.25, 0.3) is 0 Å². The summed E-state index contributed by atoms with van der Waals surface area (Å²) in [6.45, 7) is 1.62. The van der Waals surface area contributed by atoms with E-state index in [9.17, 15) is 0 Å². The highest BCUT2D eigenvalue weighted by molar-refractivity contribution is 5.33. The molecule has 128 valence electrons. The van der Waals surface area contributed by atoms with E-state index in [1.807, 2.05) is 66.7 Å². The van der Waals surface area contributed by atoms with E-state index in [1.165, 1.54) is 0 Å². The molecule has 0 unspecified atom stereocenters. The van der Waals surface area contributed by atoms with Crippen LogP contribution in [0, 0.1) is 0 Å². The molecule has 3 heteroatoms. The van der Waals surface area contributed by atoms with Crippen molar-refractivity contribution in [3.8, 4) is 11.5 Å². The molecule has 0 N–H and O–H groups in total. The maximum absolute atomic E-state index is 5.96. The SMILES string of the molecule is COc1ccc(COCc2ccccc2OCc2ccccc2)cc1. The van der Waals surface area contributed by atoms with Gasteiger partial charge in [-0.05, 0) is 29.3 Å². The van der Waals surface area contributed by atoms with Gasteiger partial charge in [0.05, 0.1) is 20.3 Å². The molecule has 3 aromatic carbocycles. The minimum atomic E-state index is 0.511. The molecule has 0 bridgehead atoms. The van der Waals surface area contributed by atoms with E-state index in [-0.39, 0.29) is 0 Å². The summed E-state index contributed by atoms with van der Waals surface area (Å²) in [5, 5.41) is 0. The van der Waals surface area contributed by atoms with Gasteiger partial charge in [-0.3, -0.25) is 0 Å². The van der Waals surface area contributed by atoms with E-state index in [2.05, 4.69) is 12.1 Å². The topological polar surface area (TPSA) is 27.7 Å². The second-order valence-electron chi connectivity index (χ2n) is 5.72. The standard InChI is InChI=1S/C22H22O3/c1-23-21-13-11-19(12-14-21)15-24-17-20-9-5-6-10-22(20)25-16-18-7-3-2-4-8-18/h2-14H,15-17H2,1H3. The Balaban J connectivity index is 1.55. The third-order valence-corrected chi connectivity index (χ3v) is 3.90. The zero-order chi connectivity index (χ0) is 17.3. The quantitative estimate of drug-likeness (QED) is 0.581. The summed E-state index contributed by atoms with van der Waals surface area (Å²) in [6.07, 6.45) is 0. The molecule has 25 heavy (non-hydrogen) atoms. The zero-order valence-electron chi connectivity index (χ0n) is 14.4. The lowest BCUT2D eigenvalue weighted by molar-refractivity contribution is 0.104. The van der Waals surface area contributed by atoms with Gasteiger partial charge in [0.15, 0.2) is 0 Å². The minimum Gasteiger partial charge on any atom is -0.497 e. The minimum absolute atomic E-state index is 0.511. The first-order chi connectivity index (χ1) is 12.3. The lowest BCUT2D eigenvalue weighted by atomic mass is 10.2. The summed E-state index contributed by atoms with van der Waals surface area (Å²) in [6, 6.07) is 26.1. The van der Waals surface area contributed by atoms with E-state index >= 15 is 0 Å². The number of hydrogen-bond acceptors (Lipinski definition) is 3. The van der Waals surface area contributed by atoms with Crippen molar-refractivity contribution >= 4 is 0 Å². The molecule has 0 spiro atoms. The van der Waals surface area contributed by atoms with E-state index in [0.717, 1.165) is 28.2 Å². The summed E-state index contributed by atoms with van der Waals surface area (Å²) in [4.78, 5) is 0. The van der Waals surface area contributed by atoms with Gasteiger partial charge < -0.3 is 14.2 Å². The zero-order valence-corrected chi connectivity index (χ0v) is 14.4. The summed E-state index contributed by atoms with van der Waals surface area (Å²) >= 11 is 0. The number of hydrogen-bond donors (Lipinski definition) is 0. The van der Waals surface area contributed by atoms with E-state index in [1.54, 1.807) is 7.11 Å². The Morgan fingerprint density at radius 2 is 1.32 bits per heavy atom. The maximum Gasteiger partial charge on any atom is 0.125 e. The monoisotopic (exact) mass is 334 g/mol. The molecule has 0 atom stereocenters. The Kier molecular flexibility index (Phi) is 6.07. The molecule has 0 saturated carbocycles. The van der Waals surface area contributed by atoms with Crippen LogP contribution in [0.5, 0.6) is 11.5 Å². The molecule has 0 aliphatic rings. The average molecular weight is 334 g/mol. The van der Waals surface area contributed by atoms with Gasteiger partial charge in [-0.1, -0.05) is 60.7 Å². The Bertz CT molecular complexity index is 767. The van der Waals surface area contributed by atoms with Gasteiger partial charge in [-0.25, -0.2) is 0 Å². The number of benzene rings is 3. The molecule has 3 aromatic rings. The maximum atomic E-state index is 5.96. The van der Waals surface area contributed by atoms with Gasteiger partial charge in [0.1, 0.15) is 18.1 Å². The normalized spacial score (nSPS) is 10.4. The van der Waals surface area contributed by atoms with Crippen LogP contribution in [0.3, 0.4) is 0 Å². The van der Waals surface area contributed by atoms with Crippen LogP contribution >= 0.6 is 0 Å². The Labute approximate surface area is 148 Å². The molecule has 0 fully saturated rings. The second-order valence-corrected chi connectivity index (χ2v) is 5.72. The van der Waals surface area contributed by atoms with Crippen molar-refractivity contribution in [2.75, 3.05) is 7.11 Å². The Hall–Kier alpha value is -2.78. The van der Waals surface area contributed by atoms with Crippen molar-refractivity contribution in [3.05, 3.63) is 95.6 Å². The van der Waals surface area contributed by atoms with Crippen LogP contribution in [0.25, 0.3) is 0 Å². The van der Waals surface area contributed by atoms with E-state index in [4.69, 9.17) is 14.2 Å². The van der Waals surface area contributed by atoms with Crippen LogP contribution in [0.2, 0.25) is 0 Å². The third kappa shape index (κ3) is 5.10. The van der Waals surface area contributed by atoms with E-state index < -0.39 is 0 Å². The number of methoxy groups -OCH3 is 1. The molecular weight excluding hydrogens is 312 g/mol. The molecule has 0 saturated heterocycles. The van der Waals surface area contributed by atoms with Crippen LogP contribution in [-0.2, 0) is 24.6 Å². The second kappa shape index (κ2) is 8.90. The fraction of sp³-hybridized carbons (Fsp3) is 0.182. The van der Waals surface area contributed by atoms with Crippen LogP contribution in [0.1, 0.15) is 16.7 Å². The van der Waals surface area contributed by atoms with Crippen molar-refractivity contribution in [2.45, 2.75) is 19.8 Å². The highest BCUT2D eigenvalue weighted by Crippen LogP contribution is 2.21. The van der Waals surface area contributed by atoms with Crippen molar-refractivity contribution in [1.29, 1.82) is 0 Å². The highest BCUT2D eigenvalue weighted by atomic mass is 16.5. The molecule has 0 radical (unpaired) electrons. The van der Waals surface area contributed by atoms with E-state index in [0.29, 0.717) is 19.8 Å². The molecule has 0 aliphatic carbocycles. The van der Waals surface area contributed by atoms with Gasteiger partial charge >= 0.3 is 0 Å². The summed E-state index contributed by atoms with van der Waals surface area (Å²) in [7, 11) is 1.66. The summed E-state index contributed by atoms with van der Waals surface area (Å²) < 4.78 is 17.0. The van der Waals surface area contributed by atoms with Gasteiger partial charge in [-0.2, -0.15) is 0 Å². The van der Waals surface area contributed by atoms with Gasteiger partial charge in [0, 0.05) is 5.56 Å². The molecule has 0 aliphatic heterocycles. The molecular formula is C22H22O3. The van der Waals surface area contributed by atoms with Crippen LogP contribution in [0.15, 0.2) is 78.9 Å². The predicted octanol–water partition coefficient (Wildman–Crippen LogP) is 4.99. The smallest absolute Gasteiger partial charge is 0.125 e. The fourth-order valence-corrected chi connectivity index (χ4v) is 2.50. The lowest BCUT2D eigenvalue weighted by Crippen LogP contribution is -2.00. The van der Waals surface area contributed by atoms with Gasteiger partial charge in [-0.15, -0.1) is 0 Å². The van der Waals surface area contributed by atoms with Gasteiger partial charge in [0.2, 0.25) is 0 Å². The number of rotatable bonds is 8. The fourth-order valence-electron chi connectivity index (χ4n) is 2.50. The molecule has 0 amide bonds. The molecule has 0 aromatic heterocycles.